The van der Waals surface area contributed by atoms with E-state index in [9.17, 15) is 35.9 Å². The number of aryl methyl sites for hydroxylation is 1. The van der Waals surface area contributed by atoms with Gasteiger partial charge in [0.1, 0.15) is 12.3 Å². The number of hydrogen-bond acceptors (Lipinski definition) is 4. The molecule has 0 atom stereocenters. The van der Waals surface area contributed by atoms with Crippen LogP contribution in [0.25, 0.3) is 0 Å². The number of amides is 2. The summed E-state index contributed by atoms with van der Waals surface area (Å²) in [6, 6.07) is 2.14. The van der Waals surface area contributed by atoms with Gasteiger partial charge in [0, 0.05) is 18.2 Å². The summed E-state index contributed by atoms with van der Waals surface area (Å²) in [7, 11) is 0. The van der Waals surface area contributed by atoms with Crippen molar-refractivity contribution in [3.63, 3.8) is 0 Å². The number of benzene rings is 1. The Morgan fingerprint density at radius 3 is 2.09 bits per heavy atom. The molecule has 1 aromatic carbocycles. The van der Waals surface area contributed by atoms with Crippen molar-refractivity contribution in [3.8, 4) is 0 Å². The summed E-state index contributed by atoms with van der Waals surface area (Å²) in [5, 5.41) is 6.01. The number of halogens is 6. The fourth-order valence-corrected chi connectivity index (χ4v) is 3.94. The molecule has 0 bridgehead atoms. The average molecular weight is 491 g/mol. The molecule has 12 heteroatoms. The normalized spacial score (nSPS) is 15.3. The van der Waals surface area contributed by atoms with Gasteiger partial charge in [0.25, 0.3) is 5.91 Å². The zero-order valence-corrected chi connectivity index (χ0v) is 18.2. The zero-order valence-electron chi connectivity index (χ0n) is 18.2. The van der Waals surface area contributed by atoms with Crippen molar-refractivity contribution in [2.75, 3.05) is 18.4 Å². The second kappa shape index (κ2) is 10.1. The number of aromatic nitrogens is 1. The Hall–Kier alpha value is -3.05. The Kier molecular flexibility index (Phi) is 7.57. The first kappa shape index (κ1) is 25.6. The summed E-state index contributed by atoms with van der Waals surface area (Å²) in [5.41, 5.74) is -3.97. The van der Waals surface area contributed by atoms with Crippen LogP contribution < -0.4 is 5.32 Å². The molecule has 0 radical (unpaired) electrons. The van der Waals surface area contributed by atoms with Gasteiger partial charge in [-0.3, -0.25) is 9.59 Å². The lowest BCUT2D eigenvalue weighted by molar-refractivity contribution is -0.143. The molecule has 0 spiro atoms. The average Bonchev–Trinajstić information content (AvgIpc) is 3.16. The minimum atomic E-state index is -5.09. The van der Waals surface area contributed by atoms with E-state index in [0.717, 1.165) is 37.0 Å². The fourth-order valence-electron chi connectivity index (χ4n) is 3.94. The summed E-state index contributed by atoms with van der Waals surface area (Å²) >= 11 is 0. The largest absolute Gasteiger partial charge is 0.416 e. The van der Waals surface area contributed by atoms with E-state index in [1.165, 1.54) is 6.07 Å². The SMILES string of the molecule is Cc1cc(NC(=O)CN(CC2CCCCC2)C(=O)c2cc(C(F)(F)F)cc(C(F)(F)F)c2)no1. The first-order valence-electron chi connectivity index (χ1n) is 10.6. The van der Waals surface area contributed by atoms with Gasteiger partial charge in [-0.15, -0.1) is 0 Å². The molecule has 6 nitrogen and oxygen atoms in total. The van der Waals surface area contributed by atoms with E-state index in [1.807, 2.05) is 0 Å². The molecule has 1 aliphatic carbocycles. The lowest BCUT2D eigenvalue weighted by Gasteiger charge is -2.29. The van der Waals surface area contributed by atoms with Crippen molar-refractivity contribution in [1.82, 2.24) is 10.1 Å². The van der Waals surface area contributed by atoms with E-state index >= 15 is 0 Å². The molecule has 1 aromatic heterocycles. The van der Waals surface area contributed by atoms with Gasteiger partial charge in [0.05, 0.1) is 11.1 Å². The van der Waals surface area contributed by atoms with Crippen molar-refractivity contribution in [3.05, 3.63) is 46.7 Å². The minimum absolute atomic E-state index is 0.0207. The van der Waals surface area contributed by atoms with Gasteiger partial charge in [0.2, 0.25) is 5.91 Å². The highest BCUT2D eigenvalue weighted by molar-refractivity contribution is 5.99. The molecular formula is C22H23F6N3O3. The second-order valence-electron chi connectivity index (χ2n) is 8.36. The minimum Gasteiger partial charge on any atom is -0.360 e. The second-order valence-corrected chi connectivity index (χ2v) is 8.36. The molecule has 0 saturated heterocycles. The number of rotatable bonds is 6. The van der Waals surface area contributed by atoms with Crippen LogP contribution in [-0.4, -0.2) is 35.0 Å². The number of carbonyl (C=O) groups is 2. The summed E-state index contributed by atoms with van der Waals surface area (Å²) in [6.45, 7) is 1.05. The van der Waals surface area contributed by atoms with E-state index < -0.39 is 47.4 Å². The van der Waals surface area contributed by atoms with Crippen LogP contribution in [0, 0.1) is 12.8 Å². The van der Waals surface area contributed by atoms with Gasteiger partial charge in [-0.2, -0.15) is 26.3 Å². The van der Waals surface area contributed by atoms with Crippen molar-refractivity contribution >= 4 is 17.6 Å². The van der Waals surface area contributed by atoms with Crippen molar-refractivity contribution < 1.29 is 40.5 Å². The Bertz CT molecular complexity index is 993. The lowest BCUT2D eigenvalue weighted by Crippen LogP contribution is -2.41. The van der Waals surface area contributed by atoms with Crippen molar-refractivity contribution in [2.24, 2.45) is 5.92 Å². The molecule has 186 valence electrons. The molecule has 34 heavy (non-hydrogen) atoms. The molecule has 0 unspecified atom stereocenters. The third-order valence-corrected chi connectivity index (χ3v) is 5.56. The van der Waals surface area contributed by atoms with Crippen LogP contribution in [0.4, 0.5) is 32.2 Å². The van der Waals surface area contributed by atoms with E-state index in [2.05, 4.69) is 10.5 Å². The highest BCUT2D eigenvalue weighted by atomic mass is 19.4. The topological polar surface area (TPSA) is 75.4 Å². The smallest absolute Gasteiger partial charge is 0.360 e. The summed E-state index contributed by atoms with van der Waals surface area (Å²) in [6.07, 6.45) is -5.93. The highest BCUT2D eigenvalue weighted by Crippen LogP contribution is 2.36. The monoisotopic (exact) mass is 491 g/mol. The van der Waals surface area contributed by atoms with E-state index in [0.29, 0.717) is 17.9 Å². The van der Waals surface area contributed by atoms with Gasteiger partial charge in [-0.25, -0.2) is 0 Å². The Balaban J connectivity index is 1.90. The molecule has 1 fully saturated rings. The summed E-state index contributed by atoms with van der Waals surface area (Å²) < 4.78 is 84.4. The molecular weight excluding hydrogens is 468 g/mol. The number of nitrogens with one attached hydrogen (secondary N) is 1. The number of anilines is 1. The van der Waals surface area contributed by atoms with Crippen LogP contribution in [0.2, 0.25) is 0 Å². The maximum atomic E-state index is 13.3. The number of carbonyl (C=O) groups excluding carboxylic acids is 2. The van der Waals surface area contributed by atoms with Crippen molar-refractivity contribution in [1.29, 1.82) is 0 Å². The van der Waals surface area contributed by atoms with Crippen molar-refractivity contribution in [2.45, 2.75) is 51.4 Å². The molecule has 1 saturated carbocycles. The number of nitrogens with zero attached hydrogens (tertiary/aromatic N) is 2. The molecule has 2 aromatic rings. The van der Waals surface area contributed by atoms with Crippen LogP contribution in [0.15, 0.2) is 28.8 Å². The van der Waals surface area contributed by atoms with Crippen LogP contribution in [-0.2, 0) is 17.1 Å². The highest BCUT2D eigenvalue weighted by Gasteiger charge is 2.38. The third kappa shape index (κ3) is 6.73. The molecule has 1 heterocycles. The Morgan fingerprint density at radius 2 is 1.59 bits per heavy atom. The first-order chi connectivity index (χ1) is 15.8. The predicted octanol–water partition coefficient (Wildman–Crippen LogP) is 5.68. The van der Waals surface area contributed by atoms with Gasteiger partial charge in [0.15, 0.2) is 5.82 Å². The molecule has 0 aliphatic heterocycles. The Labute approximate surface area is 191 Å². The predicted molar refractivity (Wildman–Crippen MR) is 109 cm³/mol. The molecule has 3 rings (SSSR count). The summed E-state index contributed by atoms with van der Waals surface area (Å²) in [5.74, 6) is -1.33. The van der Waals surface area contributed by atoms with Crippen LogP contribution in [0.3, 0.4) is 0 Å². The number of hydrogen-bond donors (Lipinski definition) is 1. The molecule has 2 amide bonds. The first-order valence-corrected chi connectivity index (χ1v) is 10.6. The van der Waals surface area contributed by atoms with Crippen LogP contribution in [0.1, 0.15) is 59.3 Å². The van der Waals surface area contributed by atoms with Crippen LogP contribution >= 0.6 is 0 Å². The van der Waals surface area contributed by atoms with Gasteiger partial charge >= 0.3 is 12.4 Å². The van der Waals surface area contributed by atoms with Gasteiger partial charge in [-0.1, -0.05) is 24.4 Å². The quantitative estimate of drug-likeness (QED) is 0.528. The third-order valence-electron chi connectivity index (χ3n) is 5.56. The fraction of sp³-hybridized carbons (Fsp3) is 0.500. The van der Waals surface area contributed by atoms with Crippen LogP contribution in [0.5, 0.6) is 0 Å². The van der Waals surface area contributed by atoms with E-state index in [1.54, 1.807) is 6.92 Å². The molecule has 1 aliphatic rings. The van der Waals surface area contributed by atoms with Gasteiger partial charge in [-0.05, 0) is 43.9 Å². The maximum Gasteiger partial charge on any atom is 0.416 e. The maximum absolute atomic E-state index is 13.3. The standard InChI is InChI=1S/C22H23F6N3O3/c1-13-7-18(30-34-13)29-19(32)12-31(11-14-5-3-2-4-6-14)20(33)15-8-16(21(23,24)25)10-17(9-15)22(26,27)28/h7-10,14H,2-6,11-12H2,1H3,(H,29,30,32). The lowest BCUT2D eigenvalue weighted by atomic mass is 9.88. The molecule has 1 N–H and O–H groups in total. The number of alkyl halides is 6. The van der Waals surface area contributed by atoms with E-state index in [4.69, 9.17) is 4.52 Å². The zero-order chi connectivity index (χ0) is 25.1. The summed E-state index contributed by atoms with van der Waals surface area (Å²) in [4.78, 5) is 26.7. The van der Waals surface area contributed by atoms with Gasteiger partial charge < -0.3 is 14.7 Å². The Morgan fingerprint density at radius 1 is 1.00 bits per heavy atom. The van der Waals surface area contributed by atoms with E-state index in [-0.39, 0.29) is 24.3 Å².